The average molecular weight is 687 g/mol. The summed E-state index contributed by atoms with van der Waals surface area (Å²) in [6, 6.07) is 54.1. The first kappa shape index (κ1) is 32.5. The maximum absolute atomic E-state index is 5.54. The van der Waals surface area contributed by atoms with Gasteiger partial charge in [-0.25, -0.2) is 0 Å². The Bertz CT molecular complexity index is 2640. The standard InChI is InChI=1S/C49H42N4/c1-4-43(51-49(36-21-9-6-10-22-36)50-34(3)35-19-7-5-8-20-35)37-30-38(52-44-26-14-11-23-40(44)41-24-12-15-27-45(41)52)32-39(31-37)53-46-28-16-13-25-42(46)48-33(2)18-17-29-47(48)53/h5-17,19-33,49-50H,3-4,18H2,1-2H3/b51-43+. The Balaban J connectivity index is 1.30. The van der Waals surface area contributed by atoms with Crippen LogP contribution < -0.4 is 5.32 Å². The molecular formula is C49H42N4. The fourth-order valence-corrected chi connectivity index (χ4v) is 8.21. The van der Waals surface area contributed by atoms with E-state index in [1.165, 1.54) is 44.0 Å². The molecule has 53 heavy (non-hydrogen) atoms. The Hall–Kier alpha value is -6.39. The number of para-hydroxylation sites is 3. The molecule has 0 saturated carbocycles. The minimum atomic E-state index is -0.330. The number of allylic oxidation sites excluding steroid dienone is 1. The third-order valence-corrected chi connectivity index (χ3v) is 10.7. The van der Waals surface area contributed by atoms with Crippen molar-refractivity contribution >= 4 is 50.2 Å². The number of nitrogens with zero attached hydrogens (tertiary/aromatic N) is 3. The Morgan fingerprint density at radius 3 is 1.87 bits per heavy atom. The van der Waals surface area contributed by atoms with Gasteiger partial charge in [0.05, 0.1) is 16.6 Å². The first-order chi connectivity index (χ1) is 26.1. The monoisotopic (exact) mass is 686 g/mol. The lowest BCUT2D eigenvalue weighted by Gasteiger charge is -2.22. The maximum atomic E-state index is 5.54. The van der Waals surface area contributed by atoms with E-state index < -0.39 is 0 Å². The van der Waals surface area contributed by atoms with Crippen LogP contribution in [0.1, 0.15) is 66.7 Å². The lowest BCUT2D eigenvalue weighted by molar-refractivity contribution is 0.669. The summed E-state index contributed by atoms with van der Waals surface area (Å²) >= 11 is 0. The second-order valence-corrected chi connectivity index (χ2v) is 14.0. The summed E-state index contributed by atoms with van der Waals surface area (Å²) in [7, 11) is 0. The van der Waals surface area contributed by atoms with Gasteiger partial charge in [-0.05, 0) is 83.5 Å². The minimum Gasteiger partial charge on any atom is -0.360 e. The van der Waals surface area contributed by atoms with Crippen LogP contribution in [0.25, 0.3) is 55.9 Å². The molecule has 8 aromatic rings. The normalized spacial score (nSPS) is 14.8. The molecule has 4 nitrogen and oxygen atoms in total. The Morgan fingerprint density at radius 1 is 0.679 bits per heavy atom. The molecule has 1 aliphatic rings. The van der Waals surface area contributed by atoms with Crippen molar-refractivity contribution in [2.45, 2.75) is 38.8 Å². The molecule has 0 fully saturated rings. The second-order valence-electron chi connectivity index (χ2n) is 14.0. The SMILES string of the molecule is C=C(NC(/N=C(\CC)c1cc(-n2c3c(c4ccccc42)C(C)CC=C3)cc(-n2c3ccccc3c3ccccc32)c1)c1ccccc1)c1ccccc1. The summed E-state index contributed by atoms with van der Waals surface area (Å²) in [4.78, 5) is 5.54. The zero-order chi connectivity index (χ0) is 35.9. The van der Waals surface area contributed by atoms with Crippen molar-refractivity contribution < 1.29 is 0 Å². The van der Waals surface area contributed by atoms with Crippen LogP contribution in [0.4, 0.5) is 0 Å². The van der Waals surface area contributed by atoms with Crippen LogP contribution in [0.15, 0.2) is 169 Å². The summed E-state index contributed by atoms with van der Waals surface area (Å²) in [6.07, 6.45) is 6.11. The third-order valence-electron chi connectivity index (χ3n) is 10.7. The summed E-state index contributed by atoms with van der Waals surface area (Å²) in [5.74, 6) is 0.435. The maximum Gasteiger partial charge on any atom is 0.145 e. The van der Waals surface area contributed by atoms with E-state index in [0.717, 1.165) is 52.3 Å². The van der Waals surface area contributed by atoms with E-state index in [-0.39, 0.29) is 6.17 Å². The number of aromatic nitrogens is 2. The summed E-state index contributed by atoms with van der Waals surface area (Å²) in [6.45, 7) is 8.99. The molecule has 0 radical (unpaired) electrons. The van der Waals surface area contributed by atoms with Gasteiger partial charge in [0.2, 0.25) is 0 Å². The zero-order valence-corrected chi connectivity index (χ0v) is 30.2. The van der Waals surface area contributed by atoms with E-state index in [1.807, 2.05) is 18.2 Å². The van der Waals surface area contributed by atoms with Gasteiger partial charge < -0.3 is 14.5 Å². The Labute approximate surface area is 311 Å². The van der Waals surface area contributed by atoms with Gasteiger partial charge in [0.25, 0.3) is 0 Å². The number of aliphatic imine (C=N–C) groups is 1. The van der Waals surface area contributed by atoms with Gasteiger partial charge in [0, 0.05) is 44.6 Å². The lowest BCUT2D eigenvalue weighted by atomic mass is 9.91. The van der Waals surface area contributed by atoms with Gasteiger partial charge in [-0.2, -0.15) is 0 Å². The summed E-state index contributed by atoms with van der Waals surface area (Å²) < 4.78 is 4.89. The van der Waals surface area contributed by atoms with E-state index in [9.17, 15) is 0 Å². The summed E-state index contributed by atoms with van der Waals surface area (Å²) in [5.41, 5.74) is 13.6. The van der Waals surface area contributed by atoms with Crippen molar-refractivity contribution in [3.05, 3.63) is 192 Å². The zero-order valence-electron chi connectivity index (χ0n) is 30.2. The quantitative estimate of drug-likeness (QED) is 0.151. The molecule has 0 spiro atoms. The molecule has 4 heteroatoms. The fourth-order valence-electron chi connectivity index (χ4n) is 8.21. The molecule has 0 saturated heterocycles. The van der Waals surface area contributed by atoms with Crippen LogP contribution >= 0.6 is 0 Å². The second kappa shape index (κ2) is 13.6. The highest BCUT2D eigenvalue weighted by Gasteiger charge is 2.24. The molecule has 2 aromatic heterocycles. The molecule has 0 amide bonds. The lowest BCUT2D eigenvalue weighted by Crippen LogP contribution is -2.20. The molecular weight excluding hydrogens is 645 g/mol. The van der Waals surface area contributed by atoms with E-state index >= 15 is 0 Å². The number of rotatable bonds is 9. The predicted molar refractivity (Wildman–Crippen MR) is 224 cm³/mol. The van der Waals surface area contributed by atoms with Gasteiger partial charge in [0.1, 0.15) is 6.17 Å². The number of hydrogen-bond donors (Lipinski definition) is 1. The minimum absolute atomic E-state index is 0.330. The van der Waals surface area contributed by atoms with Gasteiger partial charge in [-0.1, -0.05) is 142 Å². The highest BCUT2D eigenvalue weighted by Crippen LogP contribution is 2.41. The Morgan fingerprint density at radius 2 is 1.23 bits per heavy atom. The highest BCUT2D eigenvalue weighted by atomic mass is 15.1. The van der Waals surface area contributed by atoms with Crippen LogP contribution in [-0.2, 0) is 0 Å². The van der Waals surface area contributed by atoms with Crippen LogP contribution in [0, 0.1) is 0 Å². The molecule has 0 aliphatic heterocycles. The molecule has 9 rings (SSSR count). The highest BCUT2D eigenvalue weighted by molar-refractivity contribution is 6.09. The first-order valence-electron chi connectivity index (χ1n) is 18.7. The van der Waals surface area contributed by atoms with Crippen LogP contribution in [0.2, 0.25) is 0 Å². The van der Waals surface area contributed by atoms with Crippen LogP contribution in [0.3, 0.4) is 0 Å². The average Bonchev–Trinajstić information content (AvgIpc) is 3.74. The largest absolute Gasteiger partial charge is 0.360 e. The number of nitrogens with one attached hydrogen (secondary N) is 1. The number of hydrogen-bond acceptors (Lipinski definition) is 2. The molecule has 2 unspecified atom stereocenters. The van der Waals surface area contributed by atoms with Crippen molar-refractivity contribution in [2.75, 3.05) is 0 Å². The predicted octanol–water partition coefficient (Wildman–Crippen LogP) is 12.4. The van der Waals surface area contributed by atoms with Gasteiger partial charge >= 0.3 is 0 Å². The summed E-state index contributed by atoms with van der Waals surface area (Å²) in [5, 5.41) is 7.49. The van der Waals surface area contributed by atoms with Crippen molar-refractivity contribution in [1.82, 2.24) is 14.5 Å². The fraction of sp³-hybridized carbons (Fsp3) is 0.122. The smallest absolute Gasteiger partial charge is 0.145 e. The number of fused-ring (bicyclic) bond motifs is 6. The van der Waals surface area contributed by atoms with E-state index in [0.29, 0.717) is 5.92 Å². The van der Waals surface area contributed by atoms with Gasteiger partial charge in [0.15, 0.2) is 0 Å². The van der Waals surface area contributed by atoms with Crippen molar-refractivity contribution in [1.29, 1.82) is 0 Å². The molecule has 0 bridgehead atoms. The van der Waals surface area contributed by atoms with E-state index in [1.54, 1.807) is 0 Å². The molecule has 1 N–H and O–H groups in total. The van der Waals surface area contributed by atoms with Crippen LogP contribution in [0.5, 0.6) is 0 Å². The van der Waals surface area contributed by atoms with Crippen molar-refractivity contribution in [3.8, 4) is 11.4 Å². The molecule has 1 aliphatic carbocycles. The van der Waals surface area contributed by atoms with Crippen LogP contribution in [-0.4, -0.2) is 14.8 Å². The van der Waals surface area contributed by atoms with Gasteiger partial charge in [-0.15, -0.1) is 0 Å². The topological polar surface area (TPSA) is 34.2 Å². The first-order valence-corrected chi connectivity index (χ1v) is 18.7. The van der Waals surface area contributed by atoms with E-state index in [2.05, 4.69) is 180 Å². The molecule has 2 atom stereocenters. The van der Waals surface area contributed by atoms with Crippen molar-refractivity contribution in [2.24, 2.45) is 4.99 Å². The Kier molecular flexibility index (Phi) is 8.36. The molecule has 2 heterocycles. The van der Waals surface area contributed by atoms with Gasteiger partial charge in [-0.3, -0.25) is 4.99 Å². The number of benzene rings is 6. The van der Waals surface area contributed by atoms with E-state index in [4.69, 9.17) is 4.99 Å². The molecule has 6 aromatic carbocycles. The third kappa shape index (κ3) is 5.77. The molecule has 258 valence electrons. The van der Waals surface area contributed by atoms with Crippen molar-refractivity contribution in [3.63, 3.8) is 0 Å².